The smallest absolute Gasteiger partial charge is 0.251 e. The molecule has 0 spiro atoms. The van der Waals surface area contributed by atoms with Gasteiger partial charge in [0.2, 0.25) is 10.0 Å². The molecule has 1 aliphatic carbocycles. The van der Waals surface area contributed by atoms with E-state index in [1.54, 1.807) is 42.5 Å². The quantitative estimate of drug-likeness (QED) is 0.164. The Morgan fingerprint density at radius 2 is 1.72 bits per heavy atom. The lowest BCUT2D eigenvalue weighted by Crippen LogP contribution is -2.30. The van der Waals surface area contributed by atoms with Crippen LogP contribution in [0.25, 0.3) is 33.5 Å². The topological polar surface area (TPSA) is 116 Å². The van der Waals surface area contributed by atoms with Gasteiger partial charge in [-0.05, 0) is 98.0 Å². The van der Waals surface area contributed by atoms with Gasteiger partial charge in [0, 0.05) is 28.7 Å². The molecule has 1 aromatic heterocycles. The van der Waals surface area contributed by atoms with Crippen LogP contribution in [0.1, 0.15) is 67.9 Å². The van der Waals surface area contributed by atoms with Crippen molar-refractivity contribution in [3.63, 3.8) is 0 Å². The van der Waals surface area contributed by atoms with E-state index in [0.29, 0.717) is 27.7 Å². The Morgan fingerprint density at radius 3 is 2.40 bits per heavy atom. The number of aromatic nitrogens is 2. The van der Waals surface area contributed by atoms with Crippen molar-refractivity contribution in [1.29, 1.82) is 0 Å². The maximum absolute atomic E-state index is 16.0. The van der Waals surface area contributed by atoms with Crippen molar-refractivity contribution in [2.75, 3.05) is 0 Å². The van der Waals surface area contributed by atoms with E-state index in [9.17, 15) is 13.2 Å². The van der Waals surface area contributed by atoms with Crippen LogP contribution in [0.15, 0.2) is 83.8 Å². The Morgan fingerprint density at radius 1 is 1.00 bits per heavy atom. The summed E-state index contributed by atoms with van der Waals surface area (Å²) in [5, 5.41) is 8.91. The summed E-state index contributed by atoms with van der Waals surface area (Å²) in [6, 6.07) is 22.2. The van der Waals surface area contributed by atoms with Crippen LogP contribution in [0.3, 0.4) is 0 Å². The molecule has 1 aliphatic rings. The normalized spacial score (nSPS) is 14.1. The average Bonchev–Trinajstić information content (AvgIpc) is 3.42. The van der Waals surface area contributed by atoms with Crippen LogP contribution in [0, 0.1) is 5.82 Å². The van der Waals surface area contributed by atoms with Gasteiger partial charge in [-0.15, -0.1) is 0 Å². The molecule has 6 rings (SSSR count). The van der Waals surface area contributed by atoms with Gasteiger partial charge in [0.15, 0.2) is 0 Å². The molecule has 47 heavy (non-hydrogen) atoms. The van der Waals surface area contributed by atoms with E-state index in [1.807, 2.05) is 36.6 Å². The SMILES string of the molecule is CC(C)NC(=O)c1ccc(-c2ccc(Cl)cc2)c(COc2ccc(-c3nc4cc(S(N)(=O)=O)ccc4n3C3CCCCC3)c(F)c2)c1. The Balaban J connectivity index is 1.33. The number of imidazole rings is 1. The Labute approximate surface area is 278 Å². The van der Waals surface area contributed by atoms with E-state index >= 15 is 4.39 Å². The molecule has 1 fully saturated rings. The van der Waals surface area contributed by atoms with E-state index in [1.165, 1.54) is 18.2 Å². The Kier molecular flexibility index (Phi) is 9.36. The molecule has 0 radical (unpaired) electrons. The first-order valence-electron chi connectivity index (χ1n) is 15.6. The molecule has 0 bridgehead atoms. The third-order valence-corrected chi connectivity index (χ3v) is 9.61. The maximum atomic E-state index is 16.0. The number of sulfonamides is 1. The largest absolute Gasteiger partial charge is 0.489 e. The van der Waals surface area contributed by atoms with Gasteiger partial charge < -0.3 is 14.6 Å². The lowest BCUT2D eigenvalue weighted by molar-refractivity contribution is 0.0943. The number of halogens is 2. The van der Waals surface area contributed by atoms with Crippen LogP contribution in [-0.2, 0) is 16.6 Å². The van der Waals surface area contributed by atoms with E-state index in [2.05, 4.69) is 5.32 Å². The number of hydrogen-bond donors (Lipinski definition) is 2. The second-order valence-electron chi connectivity index (χ2n) is 12.2. The first kappa shape index (κ1) is 32.7. The number of ether oxygens (including phenoxy) is 1. The summed E-state index contributed by atoms with van der Waals surface area (Å²) in [4.78, 5) is 17.5. The Hall–Kier alpha value is -4.25. The second-order valence-corrected chi connectivity index (χ2v) is 14.2. The highest BCUT2D eigenvalue weighted by molar-refractivity contribution is 7.89. The van der Waals surface area contributed by atoms with Crippen molar-refractivity contribution in [3.05, 3.63) is 101 Å². The molecule has 0 aliphatic heterocycles. The van der Waals surface area contributed by atoms with Crippen molar-refractivity contribution in [1.82, 2.24) is 14.9 Å². The maximum Gasteiger partial charge on any atom is 0.251 e. The summed E-state index contributed by atoms with van der Waals surface area (Å²) in [5.41, 5.74) is 4.45. The second kappa shape index (κ2) is 13.5. The van der Waals surface area contributed by atoms with Gasteiger partial charge in [0.05, 0.1) is 21.5 Å². The minimum absolute atomic E-state index is 0.0262. The monoisotopic (exact) mass is 674 g/mol. The summed E-state index contributed by atoms with van der Waals surface area (Å²) >= 11 is 6.12. The summed E-state index contributed by atoms with van der Waals surface area (Å²) < 4.78 is 48.2. The number of amides is 1. The summed E-state index contributed by atoms with van der Waals surface area (Å²) in [6.07, 6.45) is 5.07. The van der Waals surface area contributed by atoms with Gasteiger partial charge in [0.1, 0.15) is 24.0 Å². The van der Waals surface area contributed by atoms with Gasteiger partial charge in [0.25, 0.3) is 5.91 Å². The summed E-state index contributed by atoms with van der Waals surface area (Å²) in [5.74, 6) is 0.0134. The van der Waals surface area contributed by atoms with Crippen LogP contribution in [-0.4, -0.2) is 29.9 Å². The fraction of sp³-hybridized carbons (Fsp3) is 0.278. The van der Waals surface area contributed by atoms with Gasteiger partial charge >= 0.3 is 0 Å². The molecule has 0 atom stereocenters. The number of nitrogens with one attached hydrogen (secondary N) is 1. The molecule has 8 nitrogen and oxygen atoms in total. The minimum atomic E-state index is -3.93. The van der Waals surface area contributed by atoms with Crippen molar-refractivity contribution in [2.24, 2.45) is 5.14 Å². The molecule has 1 amide bonds. The van der Waals surface area contributed by atoms with Crippen LogP contribution in [0.2, 0.25) is 5.02 Å². The van der Waals surface area contributed by atoms with Crippen molar-refractivity contribution in [2.45, 2.75) is 69.5 Å². The number of carbonyl (C=O) groups excluding carboxylic acids is 1. The molecule has 4 aromatic carbocycles. The van der Waals surface area contributed by atoms with Crippen molar-refractivity contribution in [3.8, 4) is 28.3 Å². The highest BCUT2D eigenvalue weighted by Crippen LogP contribution is 2.38. The third kappa shape index (κ3) is 7.20. The van der Waals surface area contributed by atoms with E-state index in [0.717, 1.165) is 54.3 Å². The number of benzene rings is 4. The molecule has 1 saturated carbocycles. The predicted molar refractivity (Wildman–Crippen MR) is 182 cm³/mol. The zero-order chi connectivity index (χ0) is 33.3. The van der Waals surface area contributed by atoms with Crippen LogP contribution in [0.4, 0.5) is 4.39 Å². The lowest BCUT2D eigenvalue weighted by Gasteiger charge is -2.25. The molecular formula is C36H36ClFN4O4S. The first-order chi connectivity index (χ1) is 22.5. The number of hydrogen-bond acceptors (Lipinski definition) is 5. The molecule has 244 valence electrons. The Bertz CT molecular complexity index is 2060. The van der Waals surface area contributed by atoms with Gasteiger partial charge in [-0.3, -0.25) is 4.79 Å². The summed E-state index contributed by atoms with van der Waals surface area (Å²) in [6.45, 7) is 3.87. The number of fused-ring (bicyclic) bond motifs is 1. The molecule has 0 unspecified atom stereocenters. The number of carbonyl (C=O) groups is 1. The molecular weight excluding hydrogens is 639 g/mol. The fourth-order valence-corrected chi connectivity index (χ4v) is 6.85. The van der Waals surface area contributed by atoms with Crippen molar-refractivity contribution < 1.29 is 22.3 Å². The molecule has 11 heteroatoms. The average molecular weight is 675 g/mol. The van der Waals surface area contributed by atoms with E-state index in [-0.39, 0.29) is 35.1 Å². The highest BCUT2D eigenvalue weighted by atomic mass is 35.5. The standard InChI is InChI=1S/C36H36ClFN4O4S/c1-22(2)40-36(43)24-10-15-30(23-8-11-26(37)12-9-23)25(18-24)21-46-28-13-16-31(32(38)19-28)35-41-33-20-29(47(39,44)45)14-17-34(33)42(35)27-6-4-3-5-7-27/h8-20,22,27H,3-7,21H2,1-2H3,(H,40,43)(H2,39,44,45). The first-order valence-corrected chi connectivity index (χ1v) is 17.6. The van der Waals surface area contributed by atoms with E-state index < -0.39 is 15.8 Å². The lowest BCUT2D eigenvalue weighted by atomic mass is 9.95. The van der Waals surface area contributed by atoms with Gasteiger partial charge in [-0.1, -0.05) is 49.1 Å². The highest BCUT2D eigenvalue weighted by Gasteiger charge is 2.25. The molecule has 3 N–H and O–H groups in total. The van der Waals surface area contributed by atoms with E-state index in [4.69, 9.17) is 26.5 Å². The fourth-order valence-electron chi connectivity index (χ4n) is 6.19. The van der Waals surface area contributed by atoms with Gasteiger partial charge in [-0.25, -0.2) is 22.9 Å². The van der Waals surface area contributed by atoms with Crippen LogP contribution >= 0.6 is 11.6 Å². The van der Waals surface area contributed by atoms with Crippen LogP contribution < -0.4 is 15.2 Å². The number of rotatable bonds is 9. The van der Waals surface area contributed by atoms with Crippen LogP contribution in [0.5, 0.6) is 5.75 Å². The number of nitrogens with zero attached hydrogens (tertiary/aromatic N) is 2. The third-order valence-electron chi connectivity index (χ3n) is 8.45. The molecule has 5 aromatic rings. The zero-order valence-corrected chi connectivity index (χ0v) is 27.7. The molecule has 0 saturated heterocycles. The minimum Gasteiger partial charge on any atom is -0.489 e. The zero-order valence-electron chi connectivity index (χ0n) is 26.2. The van der Waals surface area contributed by atoms with Crippen molar-refractivity contribution >= 4 is 38.6 Å². The number of nitrogens with two attached hydrogens (primary N) is 1. The predicted octanol–water partition coefficient (Wildman–Crippen LogP) is 8.03. The summed E-state index contributed by atoms with van der Waals surface area (Å²) in [7, 11) is -3.93. The van der Waals surface area contributed by atoms with Gasteiger partial charge in [-0.2, -0.15) is 0 Å². The molecule has 1 heterocycles. The number of primary sulfonamides is 1.